The molecule has 0 amide bonds. The van der Waals surface area contributed by atoms with Crippen LogP contribution in [0.25, 0.3) is 6.08 Å². The Morgan fingerprint density at radius 2 is 1.91 bits per heavy atom. The molecule has 0 aliphatic heterocycles. The second kappa shape index (κ2) is 10.00. The van der Waals surface area contributed by atoms with Gasteiger partial charge in [-0.1, -0.05) is 36.4 Å². The maximum absolute atomic E-state index is 13.8. The van der Waals surface area contributed by atoms with Crippen molar-refractivity contribution in [2.45, 2.75) is 6.61 Å². The molecular formula is C24H17FN2O5. The van der Waals surface area contributed by atoms with Crippen LogP contribution >= 0.6 is 0 Å². The lowest BCUT2D eigenvalue weighted by Crippen LogP contribution is -2.03. The molecule has 160 valence electrons. The Bertz CT molecular complexity index is 1250. The summed E-state index contributed by atoms with van der Waals surface area (Å²) in [4.78, 5) is 23.0. The summed E-state index contributed by atoms with van der Waals surface area (Å²) in [6.45, 7) is -0.00701. The Balaban J connectivity index is 1.84. The topological polar surface area (TPSA) is 102 Å². The molecule has 3 rings (SSSR count). The molecule has 0 unspecified atom stereocenters. The minimum atomic E-state index is -0.643. The largest absolute Gasteiger partial charge is 0.493 e. The number of non-ortho nitro benzene ring substituents is 1. The molecule has 8 heteroatoms. The molecule has 3 aromatic carbocycles. The van der Waals surface area contributed by atoms with Crippen LogP contribution in [0.15, 0.2) is 72.3 Å². The number of ketones is 1. The van der Waals surface area contributed by atoms with E-state index in [1.54, 1.807) is 36.4 Å². The monoisotopic (exact) mass is 432 g/mol. The van der Waals surface area contributed by atoms with Crippen molar-refractivity contribution < 1.29 is 23.6 Å². The summed E-state index contributed by atoms with van der Waals surface area (Å²) >= 11 is 0. The van der Waals surface area contributed by atoms with E-state index in [2.05, 4.69) is 0 Å². The molecule has 0 fully saturated rings. The lowest BCUT2D eigenvalue weighted by Gasteiger charge is -2.12. The van der Waals surface area contributed by atoms with Crippen LogP contribution in [0.2, 0.25) is 0 Å². The number of rotatable bonds is 8. The van der Waals surface area contributed by atoms with Gasteiger partial charge in [-0.25, -0.2) is 4.39 Å². The number of nitro benzene ring substituents is 1. The van der Waals surface area contributed by atoms with E-state index in [9.17, 15) is 24.6 Å². The Labute approximate surface area is 183 Å². The van der Waals surface area contributed by atoms with Gasteiger partial charge in [-0.3, -0.25) is 14.9 Å². The number of hydrogen-bond donors (Lipinski definition) is 0. The molecule has 32 heavy (non-hydrogen) atoms. The highest BCUT2D eigenvalue weighted by Crippen LogP contribution is 2.30. The van der Waals surface area contributed by atoms with Crippen LogP contribution in [-0.2, 0) is 6.61 Å². The second-order valence-electron chi connectivity index (χ2n) is 6.60. The van der Waals surface area contributed by atoms with E-state index in [-0.39, 0.29) is 29.2 Å². The molecule has 0 saturated heterocycles. The maximum Gasteiger partial charge on any atom is 0.270 e. The lowest BCUT2D eigenvalue weighted by atomic mass is 10.0. The number of carbonyl (C=O) groups excluding carboxylic acids is 1. The van der Waals surface area contributed by atoms with Gasteiger partial charge in [-0.2, -0.15) is 5.26 Å². The number of allylic oxidation sites excluding steroid dienone is 1. The highest BCUT2D eigenvalue weighted by molar-refractivity contribution is 6.14. The van der Waals surface area contributed by atoms with Crippen molar-refractivity contribution in [3.63, 3.8) is 0 Å². The van der Waals surface area contributed by atoms with Gasteiger partial charge in [-0.05, 0) is 29.8 Å². The van der Waals surface area contributed by atoms with E-state index in [0.717, 1.165) is 6.07 Å². The van der Waals surface area contributed by atoms with Crippen molar-refractivity contribution in [2.75, 3.05) is 7.11 Å². The van der Waals surface area contributed by atoms with Gasteiger partial charge in [0, 0.05) is 23.3 Å². The SMILES string of the molecule is COc1cc(/C=C(\C#N)C(=O)c2cccc([N+](=O)[O-])c2)ccc1OCc1ccccc1F. The van der Waals surface area contributed by atoms with Crippen LogP contribution in [-0.4, -0.2) is 17.8 Å². The minimum Gasteiger partial charge on any atom is -0.493 e. The van der Waals surface area contributed by atoms with Gasteiger partial charge in [0.05, 0.1) is 12.0 Å². The van der Waals surface area contributed by atoms with Gasteiger partial charge >= 0.3 is 0 Å². The van der Waals surface area contributed by atoms with Gasteiger partial charge in [0.15, 0.2) is 11.5 Å². The zero-order chi connectivity index (χ0) is 23.1. The summed E-state index contributed by atoms with van der Waals surface area (Å²) in [7, 11) is 1.43. The van der Waals surface area contributed by atoms with Crippen LogP contribution in [0.3, 0.4) is 0 Å². The maximum atomic E-state index is 13.8. The third-order valence-electron chi connectivity index (χ3n) is 4.52. The fourth-order valence-electron chi connectivity index (χ4n) is 2.90. The molecule has 7 nitrogen and oxygen atoms in total. The van der Waals surface area contributed by atoms with E-state index in [1.807, 2.05) is 6.07 Å². The predicted molar refractivity (Wildman–Crippen MR) is 115 cm³/mol. The summed E-state index contributed by atoms with van der Waals surface area (Å²) < 4.78 is 24.8. The van der Waals surface area contributed by atoms with Crippen LogP contribution in [0, 0.1) is 27.3 Å². The number of nitrogens with zero attached hydrogens (tertiary/aromatic N) is 2. The Morgan fingerprint density at radius 1 is 1.12 bits per heavy atom. The molecule has 0 saturated carbocycles. The van der Waals surface area contributed by atoms with Gasteiger partial charge < -0.3 is 9.47 Å². The van der Waals surface area contributed by atoms with Crippen LogP contribution in [0.4, 0.5) is 10.1 Å². The molecule has 0 spiro atoms. The molecular weight excluding hydrogens is 415 g/mol. The number of benzene rings is 3. The average Bonchev–Trinajstić information content (AvgIpc) is 2.82. The summed E-state index contributed by atoms with van der Waals surface area (Å²) in [5, 5.41) is 20.4. The normalized spacial score (nSPS) is 10.8. The van der Waals surface area contributed by atoms with Crippen LogP contribution in [0.5, 0.6) is 11.5 Å². The van der Waals surface area contributed by atoms with Gasteiger partial charge in [-0.15, -0.1) is 0 Å². The molecule has 0 aromatic heterocycles. The van der Waals surface area contributed by atoms with Crippen molar-refractivity contribution in [1.29, 1.82) is 5.26 Å². The third kappa shape index (κ3) is 5.15. The third-order valence-corrected chi connectivity index (χ3v) is 4.52. The number of halogens is 1. The Morgan fingerprint density at radius 3 is 2.59 bits per heavy atom. The number of nitriles is 1. The number of carbonyl (C=O) groups is 1. The van der Waals surface area contributed by atoms with Gasteiger partial charge in [0.25, 0.3) is 5.69 Å². The van der Waals surface area contributed by atoms with Gasteiger partial charge in [0.2, 0.25) is 5.78 Å². The zero-order valence-electron chi connectivity index (χ0n) is 16.9. The highest BCUT2D eigenvalue weighted by Gasteiger charge is 2.16. The van der Waals surface area contributed by atoms with E-state index >= 15 is 0 Å². The molecule has 0 aliphatic carbocycles. The van der Waals surface area contributed by atoms with Crippen molar-refractivity contribution in [1.82, 2.24) is 0 Å². The van der Waals surface area contributed by atoms with E-state index in [4.69, 9.17) is 9.47 Å². The lowest BCUT2D eigenvalue weighted by molar-refractivity contribution is -0.384. The smallest absolute Gasteiger partial charge is 0.270 e. The Kier molecular flexibility index (Phi) is 6.93. The summed E-state index contributed by atoms with van der Waals surface area (Å²) in [6, 6.07) is 18.0. The molecule has 0 radical (unpaired) electrons. The number of Topliss-reactive ketones (excluding diaryl/α,β-unsaturated/α-hetero) is 1. The van der Waals surface area contributed by atoms with Crippen LogP contribution in [0.1, 0.15) is 21.5 Å². The predicted octanol–water partition coefficient (Wildman–Crippen LogP) is 5.11. The quantitative estimate of drug-likeness (QED) is 0.161. The molecule has 0 aliphatic rings. The standard InChI is InChI=1S/C24H17FN2O5/c1-31-23-12-16(9-10-22(23)32-15-18-5-2-3-8-21(18)25)11-19(14-26)24(28)17-6-4-7-20(13-17)27(29)30/h2-13H,15H2,1H3/b19-11+. The van der Waals surface area contributed by atoms with E-state index < -0.39 is 10.7 Å². The molecule has 0 heterocycles. The first-order valence-electron chi connectivity index (χ1n) is 9.38. The Hall–Kier alpha value is -4.51. The summed E-state index contributed by atoms with van der Waals surface area (Å²) in [5.74, 6) is -0.342. The zero-order valence-corrected chi connectivity index (χ0v) is 16.9. The molecule has 3 aromatic rings. The van der Waals surface area contributed by atoms with Crippen molar-refractivity contribution in [3.05, 3.63) is 105 Å². The number of nitro groups is 1. The van der Waals surface area contributed by atoms with Gasteiger partial charge in [0.1, 0.15) is 24.1 Å². The fraction of sp³-hybridized carbons (Fsp3) is 0.0833. The summed E-state index contributed by atoms with van der Waals surface area (Å²) in [6.07, 6.45) is 1.35. The van der Waals surface area contributed by atoms with Crippen molar-refractivity contribution >= 4 is 17.5 Å². The number of hydrogen-bond acceptors (Lipinski definition) is 6. The van der Waals surface area contributed by atoms with Crippen LogP contribution < -0.4 is 9.47 Å². The van der Waals surface area contributed by atoms with Crippen molar-refractivity contribution in [2.24, 2.45) is 0 Å². The number of methoxy groups -OCH3 is 1. The highest BCUT2D eigenvalue weighted by atomic mass is 19.1. The van der Waals surface area contributed by atoms with E-state index in [1.165, 1.54) is 37.5 Å². The van der Waals surface area contributed by atoms with Crippen molar-refractivity contribution in [3.8, 4) is 17.6 Å². The molecule has 0 bridgehead atoms. The molecule has 0 atom stereocenters. The fourth-order valence-corrected chi connectivity index (χ4v) is 2.90. The molecule has 0 N–H and O–H groups in total. The minimum absolute atomic E-state index is 0.00701. The second-order valence-corrected chi connectivity index (χ2v) is 6.60. The van der Waals surface area contributed by atoms with E-state index in [0.29, 0.717) is 22.6 Å². The number of ether oxygens (including phenoxy) is 2. The average molecular weight is 432 g/mol. The first kappa shape index (κ1) is 22.2. The summed E-state index contributed by atoms with van der Waals surface area (Å²) in [5.41, 5.74) is 0.450. The first-order chi connectivity index (χ1) is 15.4. The first-order valence-corrected chi connectivity index (χ1v) is 9.38.